The zero-order chi connectivity index (χ0) is 18.8. The fraction of sp³-hybridized carbons (Fsp3) is 0.619. The maximum atomic E-state index is 13.3. The first-order valence-electron chi connectivity index (χ1n) is 10.1. The van der Waals surface area contributed by atoms with Crippen molar-refractivity contribution in [3.8, 4) is 0 Å². The van der Waals surface area contributed by atoms with E-state index < -0.39 is 0 Å². The van der Waals surface area contributed by atoms with Gasteiger partial charge in [-0.2, -0.15) is 0 Å². The van der Waals surface area contributed by atoms with Crippen LogP contribution >= 0.6 is 11.3 Å². The Hall–Kier alpha value is -1.50. The lowest BCUT2D eigenvalue weighted by molar-refractivity contribution is -0.122. The zero-order valence-electron chi connectivity index (χ0n) is 16.4. The summed E-state index contributed by atoms with van der Waals surface area (Å²) in [7, 11) is 0. The Bertz CT molecular complexity index is 807. The molecule has 1 aromatic carbocycles. The largest absolute Gasteiger partial charge is 0.379 e. The van der Waals surface area contributed by atoms with Crippen LogP contribution in [0.3, 0.4) is 0 Å². The van der Waals surface area contributed by atoms with Gasteiger partial charge in [0, 0.05) is 32.1 Å². The third-order valence-electron chi connectivity index (χ3n) is 6.02. The van der Waals surface area contributed by atoms with E-state index in [4.69, 9.17) is 9.72 Å². The number of aromatic nitrogens is 1. The van der Waals surface area contributed by atoms with E-state index in [1.165, 1.54) is 28.7 Å². The van der Waals surface area contributed by atoms with E-state index in [9.17, 15) is 4.79 Å². The minimum absolute atomic E-state index is 0.171. The van der Waals surface area contributed by atoms with Crippen molar-refractivity contribution in [2.24, 2.45) is 5.92 Å². The van der Waals surface area contributed by atoms with Crippen LogP contribution in [-0.4, -0.2) is 55.2 Å². The summed E-state index contributed by atoms with van der Waals surface area (Å²) in [5, 5.41) is 0.865. The van der Waals surface area contributed by atoms with E-state index in [0.29, 0.717) is 6.54 Å². The molecule has 4 rings (SSSR count). The number of ether oxygens (including phenoxy) is 1. The standard InChI is InChI=1S/C21H29N3O2S/c1-15-7-8-18-19(16(15)2)22-21(27-18)24(20(25)17-5-3-4-6-17)10-9-23-11-13-26-14-12-23/h7-8,17H,3-6,9-14H2,1-2H3. The summed E-state index contributed by atoms with van der Waals surface area (Å²) in [6, 6.07) is 4.29. The Labute approximate surface area is 165 Å². The predicted octanol–water partition coefficient (Wildman–Crippen LogP) is 3.77. The monoisotopic (exact) mass is 387 g/mol. The molecular formula is C21H29N3O2S. The number of nitrogens with zero attached hydrogens (tertiary/aromatic N) is 3. The Morgan fingerprint density at radius 2 is 2.00 bits per heavy atom. The molecule has 1 amide bonds. The molecule has 0 N–H and O–H groups in total. The molecule has 146 valence electrons. The van der Waals surface area contributed by atoms with Crippen molar-refractivity contribution in [3.63, 3.8) is 0 Å². The summed E-state index contributed by atoms with van der Waals surface area (Å²) in [5.41, 5.74) is 3.52. The highest BCUT2D eigenvalue weighted by Crippen LogP contribution is 2.34. The van der Waals surface area contributed by atoms with E-state index in [0.717, 1.165) is 56.3 Å². The summed E-state index contributed by atoms with van der Waals surface area (Å²) in [6.45, 7) is 9.31. The van der Waals surface area contributed by atoms with Crippen molar-refractivity contribution in [1.82, 2.24) is 9.88 Å². The second-order valence-electron chi connectivity index (χ2n) is 7.78. The van der Waals surface area contributed by atoms with Crippen LogP contribution in [0.1, 0.15) is 36.8 Å². The molecule has 2 aliphatic rings. The normalized spacial score (nSPS) is 19.0. The first-order valence-corrected chi connectivity index (χ1v) is 10.9. The number of aryl methyl sites for hydroxylation is 2. The van der Waals surface area contributed by atoms with Crippen molar-refractivity contribution in [3.05, 3.63) is 23.3 Å². The van der Waals surface area contributed by atoms with E-state index in [1.807, 2.05) is 4.90 Å². The van der Waals surface area contributed by atoms with Gasteiger partial charge in [-0.1, -0.05) is 30.2 Å². The number of hydrogen-bond acceptors (Lipinski definition) is 5. The van der Waals surface area contributed by atoms with Gasteiger partial charge in [0.05, 0.1) is 23.4 Å². The molecule has 2 aromatic rings. The lowest BCUT2D eigenvalue weighted by Crippen LogP contribution is -2.44. The second-order valence-corrected chi connectivity index (χ2v) is 8.79. The van der Waals surface area contributed by atoms with Crippen LogP contribution in [0, 0.1) is 19.8 Å². The minimum Gasteiger partial charge on any atom is -0.379 e. The molecule has 27 heavy (non-hydrogen) atoms. The van der Waals surface area contributed by atoms with Crippen LogP contribution in [0.5, 0.6) is 0 Å². The van der Waals surface area contributed by atoms with Gasteiger partial charge in [-0.15, -0.1) is 0 Å². The lowest BCUT2D eigenvalue weighted by atomic mass is 10.1. The molecule has 1 aliphatic heterocycles. The molecule has 6 heteroatoms. The van der Waals surface area contributed by atoms with Crippen LogP contribution in [0.25, 0.3) is 10.2 Å². The molecule has 0 bridgehead atoms. The number of benzene rings is 1. The highest BCUT2D eigenvalue weighted by Gasteiger charge is 2.30. The van der Waals surface area contributed by atoms with Gasteiger partial charge in [-0.25, -0.2) is 4.98 Å². The van der Waals surface area contributed by atoms with Gasteiger partial charge < -0.3 is 4.74 Å². The molecule has 1 aliphatic carbocycles. The molecule has 5 nitrogen and oxygen atoms in total. The Balaban J connectivity index is 1.60. The molecule has 0 atom stereocenters. The zero-order valence-corrected chi connectivity index (χ0v) is 17.2. The van der Waals surface area contributed by atoms with E-state index in [2.05, 4.69) is 30.9 Å². The SMILES string of the molecule is Cc1ccc2sc(N(CCN3CCOCC3)C(=O)C3CCCC3)nc2c1C. The van der Waals surface area contributed by atoms with Gasteiger partial charge in [-0.05, 0) is 43.9 Å². The smallest absolute Gasteiger partial charge is 0.231 e. The van der Waals surface area contributed by atoms with Gasteiger partial charge in [0.15, 0.2) is 5.13 Å². The number of rotatable bonds is 5. The third-order valence-corrected chi connectivity index (χ3v) is 7.06. The van der Waals surface area contributed by atoms with Gasteiger partial charge in [0.25, 0.3) is 0 Å². The topological polar surface area (TPSA) is 45.7 Å². The first-order chi connectivity index (χ1) is 13.1. The average molecular weight is 388 g/mol. The van der Waals surface area contributed by atoms with E-state index >= 15 is 0 Å². The number of amides is 1. The summed E-state index contributed by atoms with van der Waals surface area (Å²) >= 11 is 1.65. The molecular weight excluding hydrogens is 358 g/mol. The highest BCUT2D eigenvalue weighted by atomic mass is 32.1. The van der Waals surface area contributed by atoms with Crippen molar-refractivity contribution in [1.29, 1.82) is 0 Å². The fourth-order valence-electron chi connectivity index (χ4n) is 4.09. The van der Waals surface area contributed by atoms with Crippen molar-refractivity contribution >= 4 is 32.6 Å². The maximum absolute atomic E-state index is 13.3. The fourth-order valence-corrected chi connectivity index (χ4v) is 5.15. The summed E-state index contributed by atoms with van der Waals surface area (Å²) in [5.74, 6) is 0.443. The van der Waals surface area contributed by atoms with Crippen LogP contribution in [0.15, 0.2) is 12.1 Å². The Morgan fingerprint density at radius 1 is 1.26 bits per heavy atom. The lowest BCUT2D eigenvalue weighted by Gasteiger charge is -2.30. The molecule has 1 saturated carbocycles. The minimum atomic E-state index is 0.171. The Morgan fingerprint density at radius 3 is 2.74 bits per heavy atom. The number of carbonyl (C=O) groups is 1. The van der Waals surface area contributed by atoms with Crippen LogP contribution < -0.4 is 4.90 Å². The van der Waals surface area contributed by atoms with Gasteiger partial charge >= 0.3 is 0 Å². The summed E-state index contributed by atoms with van der Waals surface area (Å²) in [6.07, 6.45) is 4.39. The third kappa shape index (κ3) is 4.03. The average Bonchev–Trinajstić information content (AvgIpc) is 3.36. The Kier molecular flexibility index (Phi) is 5.76. The number of morpholine rings is 1. The predicted molar refractivity (Wildman–Crippen MR) is 111 cm³/mol. The van der Waals surface area contributed by atoms with Crippen LogP contribution in [-0.2, 0) is 9.53 Å². The quantitative estimate of drug-likeness (QED) is 0.783. The number of thiazole rings is 1. The molecule has 0 unspecified atom stereocenters. The first kappa shape index (κ1) is 18.8. The maximum Gasteiger partial charge on any atom is 0.231 e. The molecule has 0 spiro atoms. The van der Waals surface area contributed by atoms with Crippen molar-refractivity contribution in [2.45, 2.75) is 39.5 Å². The second kappa shape index (κ2) is 8.25. The number of hydrogen-bond donors (Lipinski definition) is 0. The summed E-state index contributed by atoms with van der Waals surface area (Å²) < 4.78 is 6.62. The van der Waals surface area contributed by atoms with Crippen molar-refractivity contribution < 1.29 is 9.53 Å². The van der Waals surface area contributed by atoms with Crippen LogP contribution in [0.4, 0.5) is 5.13 Å². The molecule has 1 saturated heterocycles. The van der Waals surface area contributed by atoms with Gasteiger partial charge in [0.1, 0.15) is 0 Å². The molecule has 0 radical (unpaired) electrons. The van der Waals surface area contributed by atoms with Crippen molar-refractivity contribution in [2.75, 3.05) is 44.3 Å². The van der Waals surface area contributed by atoms with Crippen LogP contribution in [0.2, 0.25) is 0 Å². The molecule has 2 fully saturated rings. The molecule has 2 heterocycles. The van der Waals surface area contributed by atoms with E-state index in [1.54, 1.807) is 11.3 Å². The number of anilines is 1. The van der Waals surface area contributed by atoms with E-state index in [-0.39, 0.29) is 11.8 Å². The molecule has 1 aromatic heterocycles. The van der Waals surface area contributed by atoms with Gasteiger partial charge in [0.2, 0.25) is 5.91 Å². The highest BCUT2D eigenvalue weighted by molar-refractivity contribution is 7.22. The van der Waals surface area contributed by atoms with Gasteiger partial charge in [-0.3, -0.25) is 14.6 Å². The number of fused-ring (bicyclic) bond motifs is 1. The number of carbonyl (C=O) groups excluding carboxylic acids is 1. The summed E-state index contributed by atoms with van der Waals surface area (Å²) in [4.78, 5) is 22.6.